The molecule has 2 unspecified atom stereocenters. The fraction of sp³-hybridized carbons (Fsp3) is 0.417. The predicted molar refractivity (Wildman–Crippen MR) is 119 cm³/mol. The number of rotatable bonds is 6. The van der Waals surface area contributed by atoms with Crippen molar-refractivity contribution in [1.29, 1.82) is 0 Å². The number of carbonyl (C=O) groups excluding carboxylic acids is 1. The Kier molecular flexibility index (Phi) is 5.28. The maximum absolute atomic E-state index is 12.5. The molecule has 4 heterocycles. The van der Waals surface area contributed by atoms with Crippen molar-refractivity contribution in [2.75, 3.05) is 33.3 Å². The van der Waals surface area contributed by atoms with Crippen LogP contribution in [0.5, 0.6) is 5.75 Å². The maximum atomic E-state index is 12.5. The number of amides is 1. The summed E-state index contributed by atoms with van der Waals surface area (Å²) >= 11 is 0. The number of nitrogens with one attached hydrogen (secondary N) is 1. The first-order valence-corrected chi connectivity index (χ1v) is 10.9. The molecule has 0 radical (unpaired) electrons. The summed E-state index contributed by atoms with van der Waals surface area (Å²) in [5.41, 5.74) is 2.30. The van der Waals surface area contributed by atoms with Gasteiger partial charge in [-0.1, -0.05) is 6.07 Å². The molecule has 2 bridgehead atoms. The van der Waals surface area contributed by atoms with Crippen molar-refractivity contribution < 1.29 is 9.53 Å². The summed E-state index contributed by atoms with van der Waals surface area (Å²) in [6.45, 7) is 4.50. The van der Waals surface area contributed by atoms with Crippen molar-refractivity contribution in [3.63, 3.8) is 0 Å². The van der Waals surface area contributed by atoms with E-state index in [1.807, 2.05) is 45.7 Å². The standard InChI is InChI=1S/C24H28N4O3/c1-31-20-5-6-21-18(12-20)7-9-27(21)16-23(29)25-8-10-26-13-17-11-19(15-26)22-3-2-4-24(30)28(22)14-17/h2-7,9,12,17,19H,8,10-11,13-16H2,1H3,(H,25,29). The highest BCUT2D eigenvalue weighted by Crippen LogP contribution is 2.34. The molecule has 1 saturated heterocycles. The lowest BCUT2D eigenvalue weighted by atomic mass is 9.83. The molecule has 5 rings (SSSR count). The molecule has 3 aromatic rings. The predicted octanol–water partition coefficient (Wildman–Crippen LogP) is 2.05. The molecular weight excluding hydrogens is 392 g/mol. The van der Waals surface area contributed by atoms with Crippen molar-refractivity contribution in [3.05, 3.63) is 64.7 Å². The minimum absolute atomic E-state index is 0.0161. The van der Waals surface area contributed by atoms with Crippen LogP contribution in [0.2, 0.25) is 0 Å². The number of aromatic nitrogens is 2. The van der Waals surface area contributed by atoms with Crippen LogP contribution in [0.1, 0.15) is 18.0 Å². The minimum atomic E-state index is 0.0161. The summed E-state index contributed by atoms with van der Waals surface area (Å²) in [7, 11) is 1.65. The lowest BCUT2D eigenvalue weighted by molar-refractivity contribution is -0.121. The topological polar surface area (TPSA) is 68.5 Å². The van der Waals surface area contributed by atoms with Crippen LogP contribution in [0.25, 0.3) is 10.9 Å². The highest BCUT2D eigenvalue weighted by Gasteiger charge is 2.34. The van der Waals surface area contributed by atoms with Crippen LogP contribution in [0.15, 0.2) is 53.5 Å². The van der Waals surface area contributed by atoms with Gasteiger partial charge in [-0.25, -0.2) is 0 Å². The molecule has 1 N–H and O–H groups in total. The summed E-state index contributed by atoms with van der Waals surface area (Å²) in [5, 5.41) is 4.13. The van der Waals surface area contributed by atoms with Gasteiger partial charge in [0.2, 0.25) is 5.91 Å². The lowest BCUT2D eigenvalue weighted by Gasteiger charge is -2.42. The Morgan fingerprint density at radius 3 is 2.94 bits per heavy atom. The average Bonchev–Trinajstić information content (AvgIpc) is 3.16. The Hall–Kier alpha value is -3.06. The molecule has 1 amide bonds. The summed E-state index contributed by atoms with van der Waals surface area (Å²) in [5.74, 6) is 1.74. The van der Waals surface area contributed by atoms with Gasteiger partial charge in [0.05, 0.1) is 7.11 Å². The summed E-state index contributed by atoms with van der Waals surface area (Å²) < 4.78 is 9.18. The third kappa shape index (κ3) is 3.97. The first kappa shape index (κ1) is 19.9. The summed E-state index contributed by atoms with van der Waals surface area (Å²) in [6.07, 6.45) is 3.09. The average molecular weight is 421 g/mol. The van der Waals surface area contributed by atoms with E-state index in [4.69, 9.17) is 4.74 Å². The van der Waals surface area contributed by atoms with Crippen LogP contribution in [0.3, 0.4) is 0 Å². The Morgan fingerprint density at radius 2 is 2.06 bits per heavy atom. The Labute approximate surface area is 181 Å². The van der Waals surface area contributed by atoms with Gasteiger partial charge in [-0.2, -0.15) is 0 Å². The molecule has 0 aliphatic carbocycles. The molecule has 2 aliphatic rings. The number of piperidine rings is 1. The van der Waals surface area contributed by atoms with Crippen LogP contribution >= 0.6 is 0 Å². The highest BCUT2D eigenvalue weighted by atomic mass is 16.5. The smallest absolute Gasteiger partial charge is 0.250 e. The van der Waals surface area contributed by atoms with E-state index in [1.54, 1.807) is 13.2 Å². The normalized spacial score (nSPS) is 20.4. The highest BCUT2D eigenvalue weighted by molar-refractivity contribution is 5.84. The Balaban J connectivity index is 1.15. The number of methoxy groups -OCH3 is 1. The third-order valence-electron chi connectivity index (χ3n) is 6.60. The molecule has 2 aliphatic heterocycles. The third-order valence-corrected chi connectivity index (χ3v) is 6.60. The number of carbonyl (C=O) groups is 1. The van der Waals surface area contributed by atoms with Gasteiger partial charge in [-0.05, 0) is 42.7 Å². The summed E-state index contributed by atoms with van der Waals surface area (Å²) in [6, 6.07) is 13.5. The van der Waals surface area contributed by atoms with Gasteiger partial charge in [0, 0.05) is 67.5 Å². The monoisotopic (exact) mass is 420 g/mol. The van der Waals surface area contributed by atoms with E-state index in [9.17, 15) is 9.59 Å². The minimum Gasteiger partial charge on any atom is -0.497 e. The second-order valence-electron chi connectivity index (χ2n) is 8.68. The van der Waals surface area contributed by atoms with Gasteiger partial charge in [-0.3, -0.25) is 9.59 Å². The second-order valence-corrected chi connectivity index (χ2v) is 8.68. The maximum Gasteiger partial charge on any atom is 0.250 e. The molecule has 1 fully saturated rings. The van der Waals surface area contributed by atoms with Crippen molar-refractivity contribution in [3.8, 4) is 5.75 Å². The van der Waals surface area contributed by atoms with Gasteiger partial charge in [0.25, 0.3) is 5.56 Å². The molecule has 31 heavy (non-hydrogen) atoms. The van der Waals surface area contributed by atoms with Crippen LogP contribution < -0.4 is 15.6 Å². The zero-order valence-corrected chi connectivity index (χ0v) is 17.8. The number of hydrogen-bond acceptors (Lipinski definition) is 4. The van der Waals surface area contributed by atoms with E-state index >= 15 is 0 Å². The Morgan fingerprint density at radius 1 is 1.16 bits per heavy atom. The van der Waals surface area contributed by atoms with E-state index in [-0.39, 0.29) is 11.5 Å². The van der Waals surface area contributed by atoms with Crippen molar-refractivity contribution >= 4 is 16.8 Å². The molecule has 2 aromatic heterocycles. The van der Waals surface area contributed by atoms with Crippen LogP contribution in [-0.4, -0.2) is 53.2 Å². The number of nitrogens with zero attached hydrogens (tertiary/aromatic N) is 3. The molecule has 2 atom stereocenters. The van der Waals surface area contributed by atoms with Crippen molar-refractivity contribution in [2.24, 2.45) is 5.92 Å². The molecule has 0 spiro atoms. The molecule has 7 nitrogen and oxygen atoms in total. The molecule has 162 valence electrons. The van der Waals surface area contributed by atoms with Crippen LogP contribution in [0.4, 0.5) is 0 Å². The second kappa shape index (κ2) is 8.23. The number of fused-ring (bicyclic) bond motifs is 5. The molecule has 0 saturated carbocycles. The van der Waals surface area contributed by atoms with Gasteiger partial charge in [0.15, 0.2) is 0 Å². The van der Waals surface area contributed by atoms with Crippen LogP contribution in [-0.2, 0) is 17.9 Å². The fourth-order valence-electron chi connectivity index (χ4n) is 5.19. The number of likely N-dealkylation sites (tertiary alicyclic amines) is 1. The van der Waals surface area contributed by atoms with E-state index in [1.165, 1.54) is 0 Å². The van der Waals surface area contributed by atoms with Crippen LogP contribution in [0, 0.1) is 5.92 Å². The number of pyridine rings is 1. The number of benzene rings is 1. The first-order valence-electron chi connectivity index (χ1n) is 10.9. The van der Waals surface area contributed by atoms with Crippen molar-refractivity contribution in [2.45, 2.75) is 25.4 Å². The number of ether oxygens (including phenoxy) is 1. The zero-order valence-electron chi connectivity index (χ0n) is 17.8. The molecule has 1 aromatic carbocycles. The Bertz CT molecular complexity index is 1170. The largest absolute Gasteiger partial charge is 0.497 e. The quantitative estimate of drug-likeness (QED) is 0.663. The van der Waals surface area contributed by atoms with Gasteiger partial charge < -0.3 is 24.1 Å². The molecular formula is C24H28N4O3. The number of hydrogen-bond donors (Lipinski definition) is 1. The van der Waals surface area contributed by atoms with E-state index in [0.717, 1.165) is 54.9 Å². The van der Waals surface area contributed by atoms with Crippen molar-refractivity contribution in [1.82, 2.24) is 19.4 Å². The van der Waals surface area contributed by atoms with E-state index in [0.29, 0.717) is 24.9 Å². The molecule has 7 heteroatoms. The first-order chi connectivity index (χ1) is 15.1. The zero-order chi connectivity index (χ0) is 21.4. The van der Waals surface area contributed by atoms with E-state index < -0.39 is 0 Å². The van der Waals surface area contributed by atoms with Gasteiger partial charge in [-0.15, -0.1) is 0 Å². The lowest BCUT2D eigenvalue weighted by Crippen LogP contribution is -2.48. The fourth-order valence-corrected chi connectivity index (χ4v) is 5.19. The summed E-state index contributed by atoms with van der Waals surface area (Å²) in [4.78, 5) is 27.1. The van der Waals surface area contributed by atoms with Gasteiger partial charge in [0.1, 0.15) is 12.3 Å². The van der Waals surface area contributed by atoms with Gasteiger partial charge >= 0.3 is 0 Å². The SMILES string of the molecule is COc1ccc2c(ccn2CC(=O)NCCN2CC3CC(C2)c2cccc(=O)n2C3)c1. The van der Waals surface area contributed by atoms with E-state index in [2.05, 4.69) is 16.3 Å².